The summed E-state index contributed by atoms with van der Waals surface area (Å²) >= 11 is 1.37. The van der Waals surface area contributed by atoms with Gasteiger partial charge in [0.2, 0.25) is 0 Å². The second kappa shape index (κ2) is 8.29. The van der Waals surface area contributed by atoms with Crippen molar-refractivity contribution in [3.05, 3.63) is 21.9 Å². The molecule has 1 aromatic heterocycles. The molecule has 2 N–H and O–H groups in total. The summed E-state index contributed by atoms with van der Waals surface area (Å²) in [6, 6.07) is 1.58. The van der Waals surface area contributed by atoms with Crippen molar-refractivity contribution in [3.63, 3.8) is 0 Å². The third kappa shape index (κ3) is 4.30. The summed E-state index contributed by atoms with van der Waals surface area (Å²) in [6.45, 7) is 0.388. The van der Waals surface area contributed by atoms with E-state index in [9.17, 15) is 14.7 Å². The van der Waals surface area contributed by atoms with E-state index in [1.165, 1.54) is 11.3 Å². The first-order valence-corrected chi connectivity index (χ1v) is 8.60. The van der Waals surface area contributed by atoms with Crippen LogP contribution in [-0.4, -0.2) is 30.1 Å². The molecule has 6 heteroatoms. The number of hydrogen-bond acceptors (Lipinski definition) is 4. The van der Waals surface area contributed by atoms with Crippen molar-refractivity contribution >= 4 is 23.2 Å². The molecule has 0 aromatic carbocycles. The Hall–Kier alpha value is -1.40. The lowest BCUT2D eigenvalue weighted by Crippen LogP contribution is -2.43. The number of aliphatic carboxylic acids is 1. The van der Waals surface area contributed by atoms with Crippen LogP contribution in [0.5, 0.6) is 0 Å². The SMILES string of the molecule is COCc1ccsc1C(=O)NC1CCCCCCC1C(=O)O. The molecule has 2 atom stereocenters. The predicted octanol–water partition coefficient (Wildman–Crippen LogP) is 3.05. The molecule has 0 spiro atoms. The van der Waals surface area contributed by atoms with Gasteiger partial charge in [0.05, 0.1) is 17.4 Å². The quantitative estimate of drug-likeness (QED) is 0.872. The van der Waals surface area contributed by atoms with Crippen LogP contribution in [0.25, 0.3) is 0 Å². The Morgan fingerprint density at radius 3 is 2.73 bits per heavy atom. The molecule has 5 nitrogen and oxygen atoms in total. The zero-order chi connectivity index (χ0) is 15.9. The average molecular weight is 325 g/mol. The van der Waals surface area contributed by atoms with Crippen LogP contribution in [0.4, 0.5) is 0 Å². The number of methoxy groups -OCH3 is 1. The van der Waals surface area contributed by atoms with Gasteiger partial charge in [-0.2, -0.15) is 0 Å². The van der Waals surface area contributed by atoms with E-state index in [1.54, 1.807) is 7.11 Å². The molecule has 1 amide bonds. The van der Waals surface area contributed by atoms with Gasteiger partial charge in [-0.25, -0.2) is 0 Å². The Balaban J connectivity index is 2.09. The largest absolute Gasteiger partial charge is 0.481 e. The van der Waals surface area contributed by atoms with Crippen LogP contribution < -0.4 is 5.32 Å². The van der Waals surface area contributed by atoms with Crippen molar-refractivity contribution < 1.29 is 19.4 Å². The minimum absolute atomic E-state index is 0.182. The molecule has 1 saturated carbocycles. The number of hydrogen-bond donors (Lipinski definition) is 2. The zero-order valence-electron chi connectivity index (χ0n) is 12.8. The summed E-state index contributed by atoms with van der Waals surface area (Å²) in [5, 5.41) is 14.3. The van der Waals surface area contributed by atoms with Crippen LogP contribution in [-0.2, 0) is 16.1 Å². The van der Waals surface area contributed by atoms with Crippen LogP contribution in [0.15, 0.2) is 11.4 Å². The van der Waals surface area contributed by atoms with Crippen LogP contribution >= 0.6 is 11.3 Å². The monoisotopic (exact) mass is 325 g/mol. The number of thiophene rings is 1. The highest BCUT2D eigenvalue weighted by Crippen LogP contribution is 2.25. The van der Waals surface area contributed by atoms with Crippen molar-refractivity contribution in [1.29, 1.82) is 0 Å². The highest BCUT2D eigenvalue weighted by molar-refractivity contribution is 7.12. The molecule has 0 aliphatic heterocycles. The molecular formula is C16H23NO4S. The molecule has 2 unspecified atom stereocenters. The summed E-state index contributed by atoms with van der Waals surface area (Å²) in [7, 11) is 1.59. The first-order valence-electron chi connectivity index (χ1n) is 7.72. The van der Waals surface area contributed by atoms with Crippen LogP contribution in [0.1, 0.15) is 53.8 Å². The summed E-state index contributed by atoms with van der Waals surface area (Å²) in [4.78, 5) is 24.6. The number of carboxylic acid groups (broad SMARTS) is 1. The molecule has 0 saturated heterocycles. The molecular weight excluding hydrogens is 302 g/mol. The molecule has 1 heterocycles. The van der Waals surface area contributed by atoms with Crippen LogP contribution in [0.2, 0.25) is 0 Å². The fourth-order valence-corrected chi connectivity index (χ4v) is 3.80. The predicted molar refractivity (Wildman–Crippen MR) is 85.1 cm³/mol. The molecule has 0 bridgehead atoms. The third-order valence-corrected chi connectivity index (χ3v) is 5.11. The van der Waals surface area contributed by atoms with Gasteiger partial charge in [-0.05, 0) is 24.3 Å². The number of amides is 1. The number of rotatable bonds is 5. The fraction of sp³-hybridized carbons (Fsp3) is 0.625. The maximum Gasteiger partial charge on any atom is 0.308 e. The number of carbonyl (C=O) groups excluding carboxylic acids is 1. The minimum Gasteiger partial charge on any atom is -0.481 e. The second-order valence-corrected chi connectivity index (χ2v) is 6.64. The summed E-state index contributed by atoms with van der Waals surface area (Å²) in [6.07, 6.45) is 5.42. The Morgan fingerprint density at radius 1 is 1.32 bits per heavy atom. The van der Waals surface area contributed by atoms with Crippen molar-refractivity contribution in [2.75, 3.05) is 7.11 Å². The van der Waals surface area contributed by atoms with Gasteiger partial charge in [0.25, 0.3) is 5.91 Å². The molecule has 0 radical (unpaired) electrons. The van der Waals surface area contributed by atoms with E-state index in [1.807, 2.05) is 11.4 Å². The van der Waals surface area contributed by atoms with Gasteiger partial charge in [-0.15, -0.1) is 11.3 Å². The van der Waals surface area contributed by atoms with Gasteiger partial charge >= 0.3 is 5.97 Å². The Labute approximate surface area is 134 Å². The lowest BCUT2D eigenvalue weighted by molar-refractivity contribution is -0.143. The van der Waals surface area contributed by atoms with Gasteiger partial charge in [-0.1, -0.05) is 25.7 Å². The number of ether oxygens (including phenoxy) is 1. The van der Waals surface area contributed by atoms with Gasteiger partial charge in [0.1, 0.15) is 0 Å². The van der Waals surface area contributed by atoms with Gasteiger partial charge in [0.15, 0.2) is 0 Å². The van der Waals surface area contributed by atoms with Crippen molar-refractivity contribution in [2.24, 2.45) is 5.92 Å². The fourth-order valence-electron chi connectivity index (χ4n) is 2.99. The maximum absolute atomic E-state index is 12.5. The Morgan fingerprint density at radius 2 is 2.05 bits per heavy atom. The van der Waals surface area contributed by atoms with Gasteiger partial charge in [0, 0.05) is 18.7 Å². The highest BCUT2D eigenvalue weighted by Gasteiger charge is 2.30. The molecule has 1 aromatic rings. The minimum atomic E-state index is -0.810. The van der Waals surface area contributed by atoms with Crippen LogP contribution in [0.3, 0.4) is 0 Å². The second-order valence-electron chi connectivity index (χ2n) is 5.72. The Bertz CT molecular complexity index is 514. The lowest BCUT2D eigenvalue weighted by Gasteiger charge is -2.27. The smallest absolute Gasteiger partial charge is 0.308 e. The first-order chi connectivity index (χ1) is 10.6. The molecule has 2 rings (SSSR count). The van der Waals surface area contributed by atoms with Crippen molar-refractivity contribution in [2.45, 2.75) is 51.2 Å². The maximum atomic E-state index is 12.5. The zero-order valence-corrected chi connectivity index (χ0v) is 13.7. The van der Waals surface area contributed by atoms with Crippen molar-refractivity contribution in [1.82, 2.24) is 5.32 Å². The number of carbonyl (C=O) groups is 2. The average Bonchev–Trinajstić information content (AvgIpc) is 2.90. The summed E-state index contributed by atoms with van der Waals surface area (Å²) in [5.41, 5.74) is 0.850. The van der Waals surface area contributed by atoms with Gasteiger partial charge < -0.3 is 15.2 Å². The van der Waals surface area contributed by atoms with E-state index < -0.39 is 11.9 Å². The first kappa shape index (κ1) is 17.0. The lowest BCUT2D eigenvalue weighted by atomic mass is 9.86. The van der Waals surface area contributed by atoms with Crippen molar-refractivity contribution in [3.8, 4) is 0 Å². The van der Waals surface area contributed by atoms with E-state index in [4.69, 9.17) is 4.74 Å². The normalized spacial score (nSPS) is 22.6. The van der Waals surface area contributed by atoms with E-state index >= 15 is 0 Å². The van der Waals surface area contributed by atoms with E-state index in [0.717, 1.165) is 37.7 Å². The van der Waals surface area contributed by atoms with E-state index in [0.29, 0.717) is 17.9 Å². The molecule has 1 aliphatic carbocycles. The molecule has 122 valence electrons. The summed E-state index contributed by atoms with van der Waals surface area (Å²) in [5.74, 6) is -1.48. The van der Waals surface area contributed by atoms with Gasteiger partial charge in [-0.3, -0.25) is 9.59 Å². The molecule has 1 fully saturated rings. The number of carboxylic acids is 1. The topological polar surface area (TPSA) is 75.6 Å². The molecule has 22 heavy (non-hydrogen) atoms. The Kier molecular flexibility index (Phi) is 6.39. The van der Waals surface area contributed by atoms with Crippen LogP contribution in [0, 0.1) is 5.92 Å². The summed E-state index contributed by atoms with van der Waals surface area (Å²) < 4.78 is 5.10. The highest BCUT2D eigenvalue weighted by atomic mass is 32.1. The number of nitrogens with one attached hydrogen (secondary N) is 1. The standard InChI is InChI=1S/C16H23NO4S/c1-21-10-11-8-9-22-14(11)15(18)17-13-7-5-3-2-4-6-12(13)16(19)20/h8-9,12-13H,2-7,10H2,1H3,(H,17,18)(H,19,20). The molecule has 1 aliphatic rings. The van der Waals surface area contributed by atoms with E-state index in [-0.39, 0.29) is 11.9 Å². The van der Waals surface area contributed by atoms with E-state index in [2.05, 4.69) is 5.32 Å². The third-order valence-electron chi connectivity index (χ3n) is 4.15.